The molecule has 3 N–H and O–H groups in total. The van der Waals surface area contributed by atoms with Crippen molar-refractivity contribution in [2.75, 3.05) is 13.1 Å². The Kier molecular flexibility index (Phi) is 7.41. The van der Waals surface area contributed by atoms with Gasteiger partial charge < -0.3 is 16.0 Å². The SMILES string of the molecule is CC(C)C(NC(=O)c1cccs1)C(=O)N1C[C@@H](N)[C@H](c2ccccc2)C1.Cl. The molecule has 2 amide bonds. The highest BCUT2D eigenvalue weighted by molar-refractivity contribution is 7.12. The van der Waals surface area contributed by atoms with E-state index in [1.807, 2.05) is 43.5 Å². The highest BCUT2D eigenvalue weighted by Gasteiger charge is 2.37. The maximum Gasteiger partial charge on any atom is 0.262 e. The lowest BCUT2D eigenvalue weighted by Crippen LogP contribution is -2.51. The number of nitrogens with one attached hydrogen (secondary N) is 1. The highest BCUT2D eigenvalue weighted by atomic mass is 35.5. The molecule has 1 unspecified atom stereocenters. The molecule has 1 saturated heterocycles. The summed E-state index contributed by atoms with van der Waals surface area (Å²) in [5, 5.41) is 4.76. The first-order chi connectivity index (χ1) is 12.5. The zero-order valence-corrected chi connectivity index (χ0v) is 17.1. The number of amides is 2. The molecule has 0 saturated carbocycles. The Morgan fingerprint density at radius 2 is 1.85 bits per heavy atom. The number of benzene rings is 1. The van der Waals surface area contributed by atoms with E-state index < -0.39 is 6.04 Å². The summed E-state index contributed by atoms with van der Waals surface area (Å²) < 4.78 is 0. The van der Waals surface area contributed by atoms with Gasteiger partial charge in [0.2, 0.25) is 5.91 Å². The second-order valence-corrected chi connectivity index (χ2v) is 8.04. The van der Waals surface area contributed by atoms with E-state index in [0.717, 1.165) is 5.56 Å². The standard InChI is InChI=1S/C20H25N3O2S.ClH/c1-13(2)18(22-19(24)17-9-6-10-26-17)20(25)23-11-15(16(21)12-23)14-7-4-3-5-8-14;/h3-10,13,15-16,18H,11-12,21H2,1-2H3,(H,22,24);1H/t15-,16+,18?;/m0./s1. The van der Waals surface area contributed by atoms with Crippen molar-refractivity contribution in [2.45, 2.75) is 31.8 Å². The van der Waals surface area contributed by atoms with Gasteiger partial charge in [-0.05, 0) is 22.9 Å². The van der Waals surface area contributed by atoms with Crippen LogP contribution in [0.15, 0.2) is 47.8 Å². The lowest BCUT2D eigenvalue weighted by Gasteiger charge is -2.27. The van der Waals surface area contributed by atoms with Crippen LogP contribution in [0.1, 0.15) is 35.0 Å². The molecule has 2 aromatic rings. The van der Waals surface area contributed by atoms with E-state index in [1.54, 1.807) is 11.0 Å². The summed E-state index contributed by atoms with van der Waals surface area (Å²) in [5.41, 5.74) is 7.47. The summed E-state index contributed by atoms with van der Waals surface area (Å²) in [5.74, 6) is -0.131. The highest BCUT2D eigenvalue weighted by Crippen LogP contribution is 2.27. The van der Waals surface area contributed by atoms with Gasteiger partial charge in [0, 0.05) is 25.0 Å². The third-order valence-corrected chi connectivity index (χ3v) is 5.74. The number of carbonyl (C=O) groups is 2. The fourth-order valence-corrected chi connectivity index (χ4v) is 4.02. The van der Waals surface area contributed by atoms with Gasteiger partial charge in [0.25, 0.3) is 5.91 Å². The number of halogens is 1. The molecule has 1 fully saturated rings. The average Bonchev–Trinajstić information content (AvgIpc) is 3.29. The molecule has 0 spiro atoms. The molecule has 7 heteroatoms. The Morgan fingerprint density at radius 3 is 2.44 bits per heavy atom. The Labute approximate surface area is 170 Å². The minimum Gasteiger partial charge on any atom is -0.339 e. The van der Waals surface area contributed by atoms with E-state index in [0.29, 0.717) is 18.0 Å². The molecule has 27 heavy (non-hydrogen) atoms. The normalized spacial score (nSPS) is 20.2. The number of carbonyl (C=O) groups excluding carboxylic acids is 2. The van der Waals surface area contributed by atoms with Crippen LogP contribution in [0.25, 0.3) is 0 Å². The fraction of sp³-hybridized carbons (Fsp3) is 0.400. The summed E-state index contributed by atoms with van der Waals surface area (Å²) in [6.45, 7) is 4.99. The van der Waals surface area contributed by atoms with Crippen molar-refractivity contribution in [1.29, 1.82) is 0 Å². The lowest BCUT2D eigenvalue weighted by atomic mass is 9.95. The zero-order valence-electron chi connectivity index (χ0n) is 15.5. The Bertz CT molecular complexity index is 752. The first-order valence-corrected chi connectivity index (χ1v) is 9.79. The molecule has 0 radical (unpaired) electrons. The summed E-state index contributed by atoms with van der Waals surface area (Å²) in [6.07, 6.45) is 0. The van der Waals surface area contributed by atoms with Crippen molar-refractivity contribution < 1.29 is 9.59 Å². The van der Waals surface area contributed by atoms with E-state index in [2.05, 4.69) is 17.4 Å². The molecule has 0 bridgehead atoms. The van der Waals surface area contributed by atoms with E-state index >= 15 is 0 Å². The number of rotatable bonds is 5. The lowest BCUT2D eigenvalue weighted by molar-refractivity contribution is -0.133. The van der Waals surface area contributed by atoms with Crippen molar-refractivity contribution in [3.8, 4) is 0 Å². The monoisotopic (exact) mass is 407 g/mol. The number of thiophene rings is 1. The molecule has 146 valence electrons. The molecule has 5 nitrogen and oxygen atoms in total. The Balaban J connectivity index is 0.00000261. The molecule has 3 atom stereocenters. The van der Waals surface area contributed by atoms with Crippen LogP contribution in [0, 0.1) is 5.92 Å². The second-order valence-electron chi connectivity index (χ2n) is 7.10. The van der Waals surface area contributed by atoms with Gasteiger partial charge in [-0.15, -0.1) is 23.7 Å². The summed E-state index contributed by atoms with van der Waals surface area (Å²) >= 11 is 1.37. The summed E-state index contributed by atoms with van der Waals surface area (Å²) in [4.78, 5) is 27.9. The number of nitrogens with two attached hydrogens (primary N) is 1. The quantitative estimate of drug-likeness (QED) is 0.800. The maximum absolute atomic E-state index is 13.1. The van der Waals surface area contributed by atoms with Crippen LogP contribution in [-0.4, -0.2) is 41.9 Å². The Hall–Kier alpha value is -1.89. The van der Waals surface area contributed by atoms with Crippen molar-refractivity contribution in [1.82, 2.24) is 10.2 Å². The molecular weight excluding hydrogens is 382 g/mol. The third-order valence-electron chi connectivity index (χ3n) is 4.87. The molecule has 1 aromatic heterocycles. The predicted octanol–water partition coefficient (Wildman–Crippen LogP) is 2.88. The van der Waals surface area contributed by atoms with Crippen LogP contribution in [-0.2, 0) is 4.79 Å². The maximum atomic E-state index is 13.1. The van der Waals surface area contributed by atoms with Crippen molar-refractivity contribution in [3.63, 3.8) is 0 Å². The van der Waals surface area contributed by atoms with Crippen LogP contribution < -0.4 is 11.1 Å². The number of likely N-dealkylation sites (tertiary alicyclic amines) is 1. The van der Waals surface area contributed by atoms with Gasteiger partial charge >= 0.3 is 0 Å². The van der Waals surface area contributed by atoms with E-state index in [9.17, 15) is 9.59 Å². The minimum absolute atomic E-state index is 0. The number of nitrogens with zero attached hydrogens (tertiary/aromatic N) is 1. The van der Waals surface area contributed by atoms with Gasteiger partial charge in [-0.25, -0.2) is 0 Å². The van der Waals surface area contributed by atoms with Crippen molar-refractivity contribution in [3.05, 3.63) is 58.3 Å². The van der Waals surface area contributed by atoms with Crippen molar-refractivity contribution in [2.24, 2.45) is 11.7 Å². The van der Waals surface area contributed by atoms with Gasteiger partial charge in [-0.2, -0.15) is 0 Å². The predicted molar refractivity (Wildman–Crippen MR) is 111 cm³/mol. The van der Waals surface area contributed by atoms with Crippen LogP contribution in [0.4, 0.5) is 0 Å². The van der Waals surface area contributed by atoms with Crippen LogP contribution in [0.5, 0.6) is 0 Å². The van der Waals surface area contributed by atoms with Gasteiger partial charge in [0.05, 0.1) is 4.88 Å². The average molecular weight is 408 g/mol. The van der Waals surface area contributed by atoms with Gasteiger partial charge in [-0.1, -0.05) is 50.2 Å². The third kappa shape index (κ3) is 4.89. The largest absolute Gasteiger partial charge is 0.339 e. The molecule has 2 heterocycles. The fourth-order valence-electron chi connectivity index (χ4n) is 3.39. The van der Waals surface area contributed by atoms with Gasteiger partial charge in [0.15, 0.2) is 0 Å². The minimum atomic E-state index is -0.550. The first kappa shape index (κ1) is 21.4. The molecule has 0 aliphatic carbocycles. The van der Waals surface area contributed by atoms with E-state index in [4.69, 9.17) is 5.73 Å². The van der Waals surface area contributed by atoms with Gasteiger partial charge in [-0.3, -0.25) is 9.59 Å². The Morgan fingerprint density at radius 1 is 1.15 bits per heavy atom. The topological polar surface area (TPSA) is 75.4 Å². The molecule has 3 rings (SSSR count). The van der Waals surface area contributed by atoms with Crippen LogP contribution in [0.2, 0.25) is 0 Å². The first-order valence-electron chi connectivity index (χ1n) is 8.91. The summed E-state index contributed by atoms with van der Waals surface area (Å²) in [6, 6.07) is 13.0. The van der Waals surface area contributed by atoms with E-state index in [1.165, 1.54) is 11.3 Å². The zero-order chi connectivity index (χ0) is 18.7. The summed E-state index contributed by atoms with van der Waals surface area (Å²) in [7, 11) is 0. The molecular formula is C20H26ClN3O2S. The van der Waals surface area contributed by atoms with Crippen LogP contribution in [0.3, 0.4) is 0 Å². The van der Waals surface area contributed by atoms with Gasteiger partial charge in [0.1, 0.15) is 6.04 Å². The van der Waals surface area contributed by atoms with E-state index in [-0.39, 0.29) is 42.1 Å². The second kappa shape index (κ2) is 9.35. The molecule has 1 aliphatic rings. The number of hydrogen-bond acceptors (Lipinski definition) is 4. The molecule has 1 aromatic carbocycles. The van der Waals surface area contributed by atoms with Crippen LogP contribution >= 0.6 is 23.7 Å². The number of hydrogen-bond donors (Lipinski definition) is 2. The van der Waals surface area contributed by atoms with Crippen molar-refractivity contribution >= 4 is 35.6 Å². The molecule has 1 aliphatic heterocycles. The smallest absolute Gasteiger partial charge is 0.262 e.